The second kappa shape index (κ2) is 11.0. The molecule has 0 spiro atoms. The maximum atomic E-state index is 12.8. The fourth-order valence-electron chi connectivity index (χ4n) is 4.06. The Hall–Kier alpha value is -3.59. The van der Waals surface area contributed by atoms with Gasteiger partial charge in [0.15, 0.2) is 11.5 Å². The summed E-state index contributed by atoms with van der Waals surface area (Å²) in [6.45, 7) is 4.56. The van der Waals surface area contributed by atoms with Crippen LogP contribution < -0.4 is 19.5 Å². The Morgan fingerprint density at radius 2 is 1.94 bits per heavy atom. The molecule has 2 aromatic carbocycles. The molecule has 0 bridgehead atoms. The zero-order valence-electron chi connectivity index (χ0n) is 19.7. The highest BCUT2D eigenvalue weighted by Gasteiger charge is 2.27. The molecule has 180 valence electrons. The lowest BCUT2D eigenvalue weighted by atomic mass is 9.97. The Kier molecular flexibility index (Phi) is 7.64. The van der Waals surface area contributed by atoms with E-state index in [1.165, 1.54) is 0 Å². The van der Waals surface area contributed by atoms with Crippen LogP contribution in [-0.2, 0) is 11.3 Å². The summed E-state index contributed by atoms with van der Waals surface area (Å²) < 4.78 is 21.6. The van der Waals surface area contributed by atoms with Gasteiger partial charge in [0.2, 0.25) is 17.6 Å². The molecule has 2 heterocycles. The molecule has 1 aromatic heterocycles. The third kappa shape index (κ3) is 5.66. The summed E-state index contributed by atoms with van der Waals surface area (Å²) in [4.78, 5) is 19.6. The SMILES string of the molecule is CCOc1ccc(NC(=O)[C@H]2CCCN(Cc3nc(-c4ccc(OC)c(OC)c4)no3)C2)cc1. The molecule has 9 nitrogen and oxygen atoms in total. The highest BCUT2D eigenvalue weighted by atomic mass is 16.5. The van der Waals surface area contributed by atoms with Crippen molar-refractivity contribution >= 4 is 11.6 Å². The predicted octanol–water partition coefficient (Wildman–Crippen LogP) is 4.00. The smallest absolute Gasteiger partial charge is 0.241 e. The van der Waals surface area contributed by atoms with Gasteiger partial charge < -0.3 is 24.1 Å². The largest absolute Gasteiger partial charge is 0.494 e. The average Bonchev–Trinajstić information content (AvgIpc) is 3.33. The number of piperidine rings is 1. The third-order valence-corrected chi connectivity index (χ3v) is 5.78. The molecule has 1 aliphatic heterocycles. The van der Waals surface area contributed by atoms with E-state index in [9.17, 15) is 4.79 Å². The molecular formula is C25H30N4O5. The number of likely N-dealkylation sites (tertiary alicyclic amines) is 1. The normalized spacial score (nSPS) is 16.1. The van der Waals surface area contributed by atoms with Crippen LogP contribution >= 0.6 is 0 Å². The summed E-state index contributed by atoms with van der Waals surface area (Å²) in [7, 11) is 3.18. The Morgan fingerprint density at radius 1 is 1.15 bits per heavy atom. The van der Waals surface area contributed by atoms with Gasteiger partial charge in [-0.05, 0) is 68.8 Å². The summed E-state index contributed by atoms with van der Waals surface area (Å²) in [5.41, 5.74) is 1.54. The summed E-state index contributed by atoms with van der Waals surface area (Å²) in [6.07, 6.45) is 1.78. The lowest BCUT2D eigenvalue weighted by molar-refractivity contribution is -0.121. The second-order valence-electron chi connectivity index (χ2n) is 8.10. The van der Waals surface area contributed by atoms with E-state index in [1.54, 1.807) is 14.2 Å². The number of aromatic nitrogens is 2. The van der Waals surface area contributed by atoms with Crippen molar-refractivity contribution in [3.63, 3.8) is 0 Å². The highest BCUT2D eigenvalue weighted by molar-refractivity contribution is 5.92. The van der Waals surface area contributed by atoms with Crippen molar-refractivity contribution in [2.75, 3.05) is 39.2 Å². The van der Waals surface area contributed by atoms with Crippen LogP contribution in [0, 0.1) is 5.92 Å². The van der Waals surface area contributed by atoms with Gasteiger partial charge >= 0.3 is 0 Å². The molecule has 3 aromatic rings. The molecule has 1 amide bonds. The zero-order valence-corrected chi connectivity index (χ0v) is 19.7. The number of hydrogen-bond donors (Lipinski definition) is 1. The van der Waals surface area contributed by atoms with Gasteiger partial charge in [-0.15, -0.1) is 0 Å². The number of rotatable bonds is 9. The molecule has 0 radical (unpaired) electrons. The fraction of sp³-hybridized carbons (Fsp3) is 0.400. The molecule has 0 saturated carbocycles. The van der Waals surface area contributed by atoms with Crippen LogP contribution in [0.5, 0.6) is 17.2 Å². The van der Waals surface area contributed by atoms with Crippen LogP contribution in [0.15, 0.2) is 47.0 Å². The maximum Gasteiger partial charge on any atom is 0.241 e. The molecular weight excluding hydrogens is 436 g/mol. The summed E-state index contributed by atoms with van der Waals surface area (Å²) in [5.74, 6) is 2.94. The molecule has 1 fully saturated rings. The number of carbonyl (C=O) groups is 1. The Morgan fingerprint density at radius 3 is 2.68 bits per heavy atom. The van der Waals surface area contributed by atoms with Gasteiger partial charge in [0, 0.05) is 17.8 Å². The average molecular weight is 467 g/mol. The summed E-state index contributed by atoms with van der Waals surface area (Å²) in [5, 5.41) is 7.13. The first kappa shape index (κ1) is 23.6. The van der Waals surface area contributed by atoms with Crippen molar-refractivity contribution in [1.29, 1.82) is 0 Å². The quantitative estimate of drug-likeness (QED) is 0.505. The monoisotopic (exact) mass is 466 g/mol. The first-order valence-electron chi connectivity index (χ1n) is 11.4. The first-order chi connectivity index (χ1) is 16.6. The standard InChI is InChI=1S/C25H30N4O5/c1-4-33-20-10-8-19(9-11-20)26-25(30)18-6-5-13-29(15-18)16-23-27-24(28-34-23)17-7-12-21(31-2)22(14-17)32-3/h7-12,14,18H,4-6,13,15-16H2,1-3H3,(H,26,30)/t18-/m0/s1. The van der Waals surface area contributed by atoms with Crippen molar-refractivity contribution in [2.24, 2.45) is 5.92 Å². The van der Waals surface area contributed by atoms with E-state index in [0.717, 1.165) is 36.4 Å². The van der Waals surface area contributed by atoms with E-state index in [4.69, 9.17) is 18.7 Å². The van der Waals surface area contributed by atoms with Gasteiger partial charge in [-0.2, -0.15) is 4.98 Å². The van der Waals surface area contributed by atoms with Crippen molar-refractivity contribution < 1.29 is 23.5 Å². The Bertz CT molecular complexity index is 1100. The minimum Gasteiger partial charge on any atom is -0.494 e. The van der Waals surface area contributed by atoms with Crippen LogP contribution in [0.2, 0.25) is 0 Å². The number of anilines is 1. The number of nitrogens with zero attached hydrogens (tertiary/aromatic N) is 3. The van der Waals surface area contributed by atoms with Crippen molar-refractivity contribution in [3.05, 3.63) is 48.4 Å². The van der Waals surface area contributed by atoms with E-state index >= 15 is 0 Å². The molecule has 34 heavy (non-hydrogen) atoms. The maximum absolute atomic E-state index is 12.8. The lowest BCUT2D eigenvalue weighted by Gasteiger charge is -2.30. The second-order valence-corrected chi connectivity index (χ2v) is 8.10. The number of benzene rings is 2. The van der Waals surface area contributed by atoms with Gasteiger partial charge in [0.1, 0.15) is 5.75 Å². The molecule has 1 saturated heterocycles. The van der Waals surface area contributed by atoms with Crippen LogP contribution in [0.25, 0.3) is 11.4 Å². The van der Waals surface area contributed by atoms with Crippen molar-refractivity contribution in [3.8, 4) is 28.6 Å². The van der Waals surface area contributed by atoms with E-state index in [1.807, 2.05) is 49.4 Å². The zero-order chi connectivity index (χ0) is 23.9. The summed E-state index contributed by atoms with van der Waals surface area (Å²) >= 11 is 0. The van der Waals surface area contributed by atoms with E-state index in [2.05, 4.69) is 20.4 Å². The lowest BCUT2D eigenvalue weighted by Crippen LogP contribution is -2.40. The molecule has 1 N–H and O–H groups in total. The molecule has 1 aliphatic rings. The van der Waals surface area contributed by atoms with Crippen molar-refractivity contribution in [1.82, 2.24) is 15.0 Å². The molecule has 4 rings (SSSR count). The van der Waals surface area contributed by atoms with Crippen molar-refractivity contribution in [2.45, 2.75) is 26.3 Å². The van der Waals surface area contributed by atoms with Crippen LogP contribution in [0.4, 0.5) is 5.69 Å². The van der Waals surface area contributed by atoms with E-state index in [-0.39, 0.29) is 11.8 Å². The van der Waals surface area contributed by atoms with E-state index < -0.39 is 0 Å². The molecule has 0 unspecified atom stereocenters. The Labute approximate surface area is 199 Å². The third-order valence-electron chi connectivity index (χ3n) is 5.78. The van der Waals surface area contributed by atoms with Gasteiger partial charge in [-0.25, -0.2) is 0 Å². The number of amides is 1. The fourth-order valence-corrected chi connectivity index (χ4v) is 4.06. The molecule has 0 aliphatic carbocycles. The van der Waals surface area contributed by atoms with Gasteiger partial charge in [-0.1, -0.05) is 5.16 Å². The first-order valence-corrected chi connectivity index (χ1v) is 11.4. The number of ether oxygens (including phenoxy) is 3. The van der Waals surface area contributed by atoms with E-state index in [0.29, 0.717) is 42.9 Å². The van der Waals surface area contributed by atoms with Gasteiger partial charge in [-0.3, -0.25) is 9.69 Å². The predicted molar refractivity (Wildman–Crippen MR) is 127 cm³/mol. The number of carbonyl (C=O) groups excluding carboxylic acids is 1. The minimum absolute atomic E-state index is 0.0189. The van der Waals surface area contributed by atoms with Gasteiger partial charge in [0.05, 0.1) is 33.3 Å². The number of nitrogens with one attached hydrogen (secondary N) is 1. The molecule has 9 heteroatoms. The highest BCUT2D eigenvalue weighted by Crippen LogP contribution is 2.31. The number of methoxy groups -OCH3 is 2. The minimum atomic E-state index is -0.103. The van der Waals surface area contributed by atoms with Gasteiger partial charge in [0.25, 0.3) is 0 Å². The summed E-state index contributed by atoms with van der Waals surface area (Å²) in [6, 6.07) is 12.9. The topological polar surface area (TPSA) is 99.0 Å². The molecule has 1 atom stereocenters. The van der Waals surface area contributed by atoms with Crippen LogP contribution in [0.3, 0.4) is 0 Å². The van der Waals surface area contributed by atoms with Crippen LogP contribution in [-0.4, -0.2) is 54.9 Å². The number of hydrogen-bond acceptors (Lipinski definition) is 8. The Balaban J connectivity index is 1.35. The van der Waals surface area contributed by atoms with Crippen LogP contribution in [0.1, 0.15) is 25.7 Å².